The van der Waals surface area contributed by atoms with Crippen LogP contribution in [0.4, 0.5) is 10.7 Å². The maximum Gasteiger partial charge on any atom is 0.414 e. The van der Waals surface area contributed by atoms with Crippen LogP contribution in [0.25, 0.3) is 11.3 Å². The van der Waals surface area contributed by atoms with Crippen molar-refractivity contribution in [3.63, 3.8) is 0 Å². The largest absolute Gasteiger partial charge is 0.444 e. The zero-order valence-corrected chi connectivity index (χ0v) is 12.0. The summed E-state index contributed by atoms with van der Waals surface area (Å²) in [7, 11) is 0. The van der Waals surface area contributed by atoms with Crippen molar-refractivity contribution in [1.82, 2.24) is 5.16 Å². The zero-order valence-electron chi connectivity index (χ0n) is 12.0. The first-order valence-electron chi connectivity index (χ1n) is 6.35. The van der Waals surface area contributed by atoms with Crippen molar-refractivity contribution in [2.75, 3.05) is 5.32 Å². The molecule has 6 nitrogen and oxygen atoms in total. The Labute approximate surface area is 122 Å². The van der Waals surface area contributed by atoms with E-state index in [-0.39, 0.29) is 5.88 Å². The molecule has 21 heavy (non-hydrogen) atoms. The average Bonchev–Trinajstić information content (AvgIpc) is 2.84. The summed E-state index contributed by atoms with van der Waals surface area (Å²) in [5, 5.41) is 15.4. The molecule has 0 saturated carbocycles. The zero-order chi connectivity index (χ0) is 15.5. The third kappa shape index (κ3) is 3.83. The number of hydrogen-bond donors (Lipinski definition) is 1. The first-order valence-corrected chi connectivity index (χ1v) is 6.35. The quantitative estimate of drug-likeness (QED) is 0.911. The van der Waals surface area contributed by atoms with E-state index < -0.39 is 11.7 Å². The minimum atomic E-state index is -0.626. The van der Waals surface area contributed by atoms with Gasteiger partial charge in [0.15, 0.2) is 0 Å². The maximum atomic E-state index is 11.6. The first kappa shape index (κ1) is 14.6. The maximum absolute atomic E-state index is 11.6. The van der Waals surface area contributed by atoms with Crippen LogP contribution in [0.3, 0.4) is 0 Å². The summed E-state index contributed by atoms with van der Waals surface area (Å²) < 4.78 is 10.1. The SMILES string of the molecule is CC(C)(C)OC(=O)Nc1cc(-c2ccccc2C#N)no1. The van der Waals surface area contributed by atoms with Crippen LogP contribution in [0.15, 0.2) is 34.9 Å². The van der Waals surface area contributed by atoms with E-state index in [0.717, 1.165) is 0 Å². The van der Waals surface area contributed by atoms with Crippen LogP contribution in [0.1, 0.15) is 26.3 Å². The number of rotatable bonds is 2. The highest BCUT2D eigenvalue weighted by atomic mass is 16.6. The Morgan fingerprint density at radius 2 is 2.10 bits per heavy atom. The van der Waals surface area contributed by atoms with Gasteiger partial charge in [0, 0.05) is 11.6 Å². The Kier molecular flexibility index (Phi) is 3.94. The van der Waals surface area contributed by atoms with Gasteiger partial charge in [-0.15, -0.1) is 0 Å². The lowest BCUT2D eigenvalue weighted by Crippen LogP contribution is -2.27. The monoisotopic (exact) mass is 285 g/mol. The highest BCUT2D eigenvalue weighted by Crippen LogP contribution is 2.25. The van der Waals surface area contributed by atoms with Crippen molar-refractivity contribution in [3.8, 4) is 17.3 Å². The van der Waals surface area contributed by atoms with E-state index in [1.54, 1.807) is 51.1 Å². The standard InChI is InChI=1S/C15H15N3O3/c1-15(2,3)20-14(19)17-13-8-12(18-21-13)11-7-5-4-6-10(11)9-16/h4-8H,1-3H3,(H,17,19). The number of anilines is 1. The number of nitriles is 1. The number of carbonyl (C=O) groups excluding carboxylic acids is 1. The van der Waals surface area contributed by atoms with Gasteiger partial charge in [0.05, 0.1) is 11.6 Å². The molecule has 2 aromatic rings. The normalized spacial score (nSPS) is 10.8. The molecule has 1 aromatic heterocycles. The topological polar surface area (TPSA) is 88.1 Å². The molecule has 108 valence electrons. The Balaban J connectivity index is 2.16. The van der Waals surface area contributed by atoms with Gasteiger partial charge in [-0.2, -0.15) is 5.26 Å². The minimum Gasteiger partial charge on any atom is -0.444 e. The molecular formula is C15H15N3O3. The number of ether oxygens (including phenoxy) is 1. The third-order valence-electron chi connectivity index (χ3n) is 2.46. The summed E-state index contributed by atoms with van der Waals surface area (Å²) >= 11 is 0. The molecule has 1 N–H and O–H groups in total. The van der Waals surface area contributed by atoms with E-state index in [4.69, 9.17) is 14.5 Å². The molecule has 0 saturated heterocycles. The molecule has 0 aliphatic heterocycles. The van der Waals surface area contributed by atoms with Gasteiger partial charge in [-0.1, -0.05) is 23.4 Å². The van der Waals surface area contributed by atoms with Crippen LogP contribution in [0.2, 0.25) is 0 Å². The van der Waals surface area contributed by atoms with Crippen LogP contribution in [0.5, 0.6) is 0 Å². The molecule has 1 heterocycles. The number of amides is 1. The number of carbonyl (C=O) groups is 1. The molecule has 6 heteroatoms. The van der Waals surface area contributed by atoms with Crippen molar-refractivity contribution in [1.29, 1.82) is 5.26 Å². The first-order chi connectivity index (χ1) is 9.89. The lowest BCUT2D eigenvalue weighted by molar-refractivity contribution is 0.0631. The fourth-order valence-corrected chi connectivity index (χ4v) is 1.67. The molecule has 0 spiro atoms. The van der Waals surface area contributed by atoms with Crippen molar-refractivity contribution < 1.29 is 14.1 Å². The van der Waals surface area contributed by atoms with E-state index in [1.165, 1.54) is 0 Å². The van der Waals surface area contributed by atoms with Crippen molar-refractivity contribution in [2.45, 2.75) is 26.4 Å². The number of nitrogens with one attached hydrogen (secondary N) is 1. The second-order valence-electron chi connectivity index (χ2n) is 5.36. The number of hydrogen-bond acceptors (Lipinski definition) is 5. The number of aromatic nitrogens is 1. The van der Waals surface area contributed by atoms with Crippen LogP contribution >= 0.6 is 0 Å². The van der Waals surface area contributed by atoms with Gasteiger partial charge >= 0.3 is 6.09 Å². The molecule has 0 unspecified atom stereocenters. The van der Waals surface area contributed by atoms with Crippen molar-refractivity contribution in [2.24, 2.45) is 0 Å². The molecule has 0 bridgehead atoms. The van der Waals surface area contributed by atoms with Crippen LogP contribution < -0.4 is 5.32 Å². The number of benzene rings is 1. The third-order valence-corrected chi connectivity index (χ3v) is 2.46. The molecule has 1 aromatic carbocycles. The highest BCUT2D eigenvalue weighted by Gasteiger charge is 2.18. The van der Waals surface area contributed by atoms with Gasteiger partial charge in [-0.05, 0) is 26.8 Å². The Bertz CT molecular complexity index is 693. The van der Waals surface area contributed by atoms with Gasteiger partial charge in [-0.25, -0.2) is 4.79 Å². The molecular weight excluding hydrogens is 270 g/mol. The fourth-order valence-electron chi connectivity index (χ4n) is 1.67. The summed E-state index contributed by atoms with van der Waals surface area (Å²) in [6.07, 6.45) is -0.626. The van der Waals surface area contributed by atoms with Crippen LogP contribution in [-0.2, 0) is 4.74 Å². The van der Waals surface area contributed by atoms with Gasteiger partial charge in [0.2, 0.25) is 5.88 Å². The van der Waals surface area contributed by atoms with Gasteiger partial charge in [-0.3, -0.25) is 5.32 Å². The smallest absolute Gasteiger partial charge is 0.414 e. The molecule has 2 rings (SSSR count). The van der Waals surface area contributed by atoms with E-state index in [2.05, 4.69) is 16.5 Å². The lowest BCUT2D eigenvalue weighted by Gasteiger charge is -2.18. The average molecular weight is 285 g/mol. The predicted octanol–water partition coefficient (Wildman–Crippen LogP) is 3.56. The Morgan fingerprint density at radius 1 is 1.38 bits per heavy atom. The fraction of sp³-hybridized carbons (Fsp3) is 0.267. The van der Waals surface area contributed by atoms with Gasteiger partial charge < -0.3 is 9.26 Å². The molecule has 0 aliphatic rings. The summed E-state index contributed by atoms with van der Waals surface area (Å²) in [6, 6.07) is 10.6. The van der Waals surface area contributed by atoms with Gasteiger partial charge in [0.1, 0.15) is 11.3 Å². The van der Waals surface area contributed by atoms with E-state index in [0.29, 0.717) is 16.8 Å². The highest BCUT2D eigenvalue weighted by molar-refractivity contribution is 5.84. The predicted molar refractivity (Wildman–Crippen MR) is 76.5 cm³/mol. The van der Waals surface area contributed by atoms with Gasteiger partial charge in [0.25, 0.3) is 0 Å². The van der Waals surface area contributed by atoms with Crippen LogP contribution in [0, 0.1) is 11.3 Å². The summed E-state index contributed by atoms with van der Waals surface area (Å²) in [5.74, 6) is 0.159. The van der Waals surface area contributed by atoms with Crippen molar-refractivity contribution >= 4 is 12.0 Å². The second kappa shape index (κ2) is 5.67. The Hall–Kier alpha value is -2.81. The van der Waals surface area contributed by atoms with E-state index in [1.807, 2.05) is 0 Å². The Morgan fingerprint density at radius 3 is 2.76 bits per heavy atom. The second-order valence-corrected chi connectivity index (χ2v) is 5.36. The summed E-state index contributed by atoms with van der Waals surface area (Å²) in [4.78, 5) is 11.6. The van der Waals surface area contributed by atoms with E-state index >= 15 is 0 Å². The van der Waals surface area contributed by atoms with E-state index in [9.17, 15) is 4.79 Å². The van der Waals surface area contributed by atoms with Crippen LogP contribution in [-0.4, -0.2) is 16.9 Å². The summed E-state index contributed by atoms with van der Waals surface area (Å²) in [5.41, 5.74) is 0.995. The molecule has 0 atom stereocenters. The number of nitrogens with zero attached hydrogens (tertiary/aromatic N) is 2. The summed E-state index contributed by atoms with van der Waals surface area (Å²) in [6.45, 7) is 5.30. The molecule has 0 radical (unpaired) electrons. The van der Waals surface area contributed by atoms with Crippen molar-refractivity contribution in [3.05, 3.63) is 35.9 Å². The molecule has 0 fully saturated rings. The minimum absolute atomic E-state index is 0.159. The molecule has 0 aliphatic carbocycles. The lowest BCUT2D eigenvalue weighted by atomic mass is 10.1. The molecule has 1 amide bonds.